The number of pyridine rings is 1. The number of rotatable bonds is 9. The predicted octanol–water partition coefficient (Wildman–Crippen LogP) is 2.47. The van der Waals surface area contributed by atoms with Crippen molar-refractivity contribution in [2.75, 3.05) is 6.61 Å². The van der Waals surface area contributed by atoms with Gasteiger partial charge in [0, 0.05) is 37.0 Å². The number of hydrogen-bond acceptors (Lipinski definition) is 1. The van der Waals surface area contributed by atoms with Gasteiger partial charge in [-0.1, -0.05) is 0 Å². The van der Waals surface area contributed by atoms with E-state index in [1.165, 1.54) is 49.9 Å². The number of allylic oxidation sites excluding steroid dienone is 4. The summed E-state index contributed by atoms with van der Waals surface area (Å²) in [5.41, 5.74) is 4.45. The maximum Gasteiger partial charge on any atom is 0.184 e. The highest BCUT2D eigenvalue weighted by Gasteiger charge is 2.20. The van der Waals surface area contributed by atoms with Crippen LogP contribution in [0.2, 0.25) is 0 Å². The van der Waals surface area contributed by atoms with Crippen molar-refractivity contribution in [1.29, 1.82) is 0 Å². The Morgan fingerprint density at radius 1 is 1.08 bits per heavy atom. The number of fused-ring (bicyclic) bond motifs is 1. The van der Waals surface area contributed by atoms with Crippen LogP contribution in [0.5, 0.6) is 0 Å². The Labute approximate surface area is 145 Å². The third-order valence-corrected chi connectivity index (χ3v) is 5.08. The molecule has 0 bridgehead atoms. The van der Waals surface area contributed by atoms with Crippen LogP contribution in [0.15, 0.2) is 41.8 Å². The highest BCUT2D eigenvalue weighted by Crippen LogP contribution is 2.27. The molecule has 0 atom stereocenters. The second-order valence-corrected chi connectivity index (χ2v) is 6.79. The minimum Gasteiger partial charge on any atom is -0.498 e. The molecular weight excluding hydrogens is 296 g/mol. The zero-order valence-electron chi connectivity index (χ0n) is 14.7. The monoisotopic (exact) mass is 326 g/mol. The summed E-state index contributed by atoms with van der Waals surface area (Å²) in [6, 6.07) is 4.49. The molecule has 24 heavy (non-hydrogen) atoms. The first kappa shape index (κ1) is 16.9. The molecule has 1 aromatic rings. The molecular formula is C21H30N2O+2. The molecule has 0 aromatic carbocycles. The zero-order chi connectivity index (χ0) is 16.6. The summed E-state index contributed by atoms with van der Waals surface area (Å²) in [6.07, 6.45) is 18.7. The van der Waals surface area contributed by atoms with E-state index in [-0.39, 0.29) is 0 Å². The molecule has 0 radical (unpaired) electrons. The summed E-state index contributed by atoms with van der Waals surface area (Å²) in [4.78, 5) is 0. The summed E-state index contributed by atoms with van der Waals surface area (Å²) in [5, 5.41) is 5.41. The highest BCUT2D eigenvalue weighted by molar-refractivity contribution is 5.66. The van der Waals surface area contributed by atoms with Gasteiger partial charge in [0.2, 0.25) is 0 Å². The van der Waals surface area contributed by atoms with E-state index in [9.17, 15) is 0 Å². The first-order valence-electron chi connectivity index (χ1n) is 9.45. The van der Waals surface area contributed by atoms with Crippen LogP contribution in [0, 0.1) is 0 Å². The molecule has 0 aliphatic heterocycles. The molecule has 2 N–H and O–H groups in total. The Kier molecular flexibility index (Phi) is 6.22. The van der Waals surface area contributed by atoms with Crippen molar-refractivity contribution in [3.8, 4) is 0 Å². The third-order valence-electron chi connectivity index (χ3n) is 5.08. The average Bonchev–Trinajstić information content (AvgIpc) is 3.25. The lowest BCUT2D eigenvalue weighted by Gasteiger charge is -2.08. The predicted molar refractivity (Wildman–Crippen MR) is 96.5 cm³/mol. The summed E-state index contributed by atoms with van der Waals surface area (Å²) >= 11 is 0. The summed E-state index contributed by atoms with van der Waals surface area (Å²) in [7, 11) is 0. The SMILES string of the molecule is [NH2+]=C/C=C\C1=C(OCCCCC[n+]2cccc3c2CCC3)CCC1. The molecule has 1 heterocycles. The van der Waals surface area contributed by atoms with E-state index in [1.54, 1.807) is 17.5 Å². The number of unbranched alkanes of at least 4 members (excludes halogenated alkanes) is 2. The standard InChI is InChI=1S/C21H29N2O/c22-14-6-10-19-9-5-13-21(19)24-17-3-1-2-15-23-16-7-11-18-8-4-12-20(18)23/h6-7,10-11,14,16,22H,1-5,8-9,12-13,15,17H2/q+1/p+1/b10-6-,22-14?. The van der Waals surface area contributed by atoms with Crippen molar-refractivity contribution in [1.82, 2.24) is 0 Å². The Bertz CT molecular complexity index is 631. The van der Waals surface area contributed by atoms with Crippen molar-refractivity contribution >= 4 is 6.21 Å². The molecule has 0 unspecified atom stereocenters. The highest BCUT2D eigenvalue weighted by atomic mass is 16.5. The Balaban J connectivity index is 1.37. The maximum absolute atomic E-state index is 6.01. The molecule has 1 aromatic heterocycles. The molecule has 0 spiro atoms. The van der Waals surface area contributed by atoms with Gasteiger partial charge in [-0.3, -0.25) is 5.41 Å². The number of aryl methyl sites for hydroxylation is 2. The lowest BCUT2D eigenvalue weighted by Crippen LogP contribution is -2.38. The van der Waals surface area contributed by atoms with E-state index >= 15 is 0 Å². The van der Waals surface area contributed by atoms with Gasteiger partial charge in [-0.2, -0.15) is 0 Å². The molecule has 0 amide bonds. The second-order valence-electron chi connectivity index (χ2n) is 6.79. The van der Waals surface area contributed by atoms with Gasteiger partial charge >= 0.3 is 0 Å². The number of ether oxygens (including phenoxy) is 1. The number of aromatic nitrogens is 1. The number of nitrogens with two attached hydrogens (primary N) is 1. The minimum atomic E-state index is 0.844. The first-order valence-corrected chi connectivity index (χ1v) is 9.45. The van der Waals surface area contributed by atoms with E-state index in [0.717, 1.165) is 32.4 Å². The topological polar surface area (TPSA) is 38.7 Å². The van der Waals surface area contributed by atoms with Crippen LogP contribution in [0.4, 0.5) is 0 Å². The molecule has 0 fully saturated rings. The van der Waals surface area contributed by atoms with Gasteiger partial charge in [0.15, 0.2) is 18.1 Å². The Morgan fingerprint density at radius 2 is 2.00 bits per heavy atom. The minimum absolute atomic E-state index is 0.844. The molecule has 3 rings (SSSR count). The quantitative estimate of drug-likeness (QED) is 0.423. The van der Waals surface area contributed by atoms with Crippen molar-refractivity contribution in [3.05, 3.63) is 53.1 Å². The van der Waals surface area contributed by atoms with Gasteiger partial charge in [-0.25, -0.2) is 4.57 Å². The summed E-state index contributed by atoms with van der Waals surface area (Å²) in [5.74, 6) is 1.18. The van der Waals surface area contributed by atoms with Gasteiger partial charge in [0.1, 0.15) is 6.54 Å². The fourth-order valence-electron chi connectivity index (χ4n) is 3.83. The van der Waals surface area contributed by atoms with Gasteiger partial charge in [-0.05, 0) is 56.2 Å². The van der Waals surface area contributed by atoms with Crippen molar-refractivity contribution in [3.63, 3.8) is 0 Å². The molecule has 0 saturated heterocycles. The molecule has 128 valence electrons. The van der Waals surface area contributed by atoms with Crippen LogP contribution in [-0.4, -0.2) is 12.8 Å². The van der Waals surface area contributed by atoms with Crippen LogP contribution < -0.4 is 9.98 Å². The van der Waals surface area contributed by atoms with Crippen LogP contribution in [0.3, 0.4) is 0 Å². The van der Waals surface area contributed by atoms with Crippen molar-refractivity contribution < 1.29 is 14.7 Å². The van der Waals surface area contributed by atoms with Crippen LogP contribution in [-0.2, 0) is 24.1 Å². The molecule has 2 aliphatic rings. The number of hydrogen-bond donors (Lipinski definition) is 1. The third kappa shape index (κ3) is 4.34. The average molecular weight is 326 g/mol. The smallest absolute Gasteiger partial charge is 0.184 e. The molecule has 3 heteroatoms. The lowest BCUT2D eigenvalue weighted by atomic mass is 10.2. The Morgan fingerprint density at radius 3 is 2.92 bits per heavy atom. The fourth-order valence-corrected chi connectivity index (χ4v) is 3.83. The summed E-state index contributed by atoms with van der Waals surface area (Å²) < 4.78 is 8.47. The van der Waals surface area contributed by atoms with Gasteiger partial charge in [-0.15, -0.1) is 0 Å². The molecule has 0 saturated carbocycles. The van der Waals surface area contributed by atoms with E-state index in [0.29, 0.717) is 0 Å². The van der Waals surface area contributed by atoms with Crippen molar-refractivity contribution in [2.24, 2.45) is 0 Å². The zero-order valence-corrected chi connectivity index (χ0v) is 14.7. The molecule has 2 aliphatic carbocycles. The van der Waals surface area contributed by atoms with Crippen LogP contribution in [0.1, 0.15) is 56.2 Å². The summed E-state index contributed by atoms with van der Waals surface area (Å²) in [6.45, 7) is 1.99. The van der Waals surface area contributed by atoms with E-state index < -0.39 is 0 Å². The maximum atomic E-state index is 6.01. The van der Waals surface area contributed by atoms with Gasteiger partial charge in [0.25, 0.3) is 0 Å². The van der Waals surface area contributed by atoms with Crippen LogP contribution >= 0.6 is 0 Å². The first-order chi connectivity index (χ1) is 11.9. The largest absolute Gasteiger partial charge is 0.498 e. The van der Waals surface area contributed by atoms with Crippen molar-refractivity contribution in [2.45, 2.75) is 64.3 Å². The van der Waals surface area contributed by atoms with E-state index in [4.69, 9.17) is 10.1 Å². The number of nitrogens with zero attached hydrogens (tertiary/aromatic N) is 1. The second kappa shape index (κ2) is 8.81. The van der Waals surface area contributed by atoms with Gasteiger partial charge < -0.3 is 4.74 Å². The normalized spacial score (nSPS) is 16.8. The molecule has 3 nitrogen and oxygen atoms in total. The van der Waals surface area contributed by atoms with Crippen LogP contribution in [0.25, 0.3) is 0 Å². The fraction of sp³-hybridized carbons (Fsp3) is 0.524. The van der Waals surface area contributed by atoms with E-state index in [1.807, 2.05) is 6.08 Å². The van der Waals surface area contributed by atoms with Gasteiger partial charge in [0.05, 0.1) is 12.4 Å². The van der Waals surface area contributed by atoms with E-state index in [2.05, 4.69) is 29.0 Å². The lowest BCUT2D eigenvalue weighted by molar-refractivity contribution is -0.704. The Hall–Kier alpha value is -1.90.